The molecule has 1 rings (SSSR count). The first-order valence-corrected chi connectivity index (χ1v) is 5.96. The van der Waals surface area contributed by atoms with Crippen LogP contribution >= 0.6 is 0 Å². The number of aliphatic hydroxyl groups excluding tert-OH is 2. The van der Waals surface area contributed by atoms with Crippen molar-refractivity contribution in [1.82, 2.24) is 5.32 Å². The minimum Gasteiger partial charge on any atom is -0.481 e. The highest BCUT2D eigenvalue weighted by Crippen LogP contribution is 2.21. The van der Waals surface area contributed by atoms with E-state index in [0.717, 1.165) is 0 Å². The molecule has 6 heteroatoms. The zero-order valence-corrected chi connectivity index (χ0v) is 10.6. The number of carboxylic acid groups (broad SMARTS) is 1. The van der Waals surface area contributed by atoms with Gasteiger partial charge in [0.25, 0.3) is 0 Å². The second-order valence-electron chi connectivity index (χ2n) is 4.34. The predicted octanol–water partition coefficient (Wildman–Crippen LogP) is 0.593. The quantitative estimate of drug-likeness (QED) is 0.583. The maximum atomic E-state index is 13.2. The summed E-state index contributed by atoms with van der Waals surface area (Å²) in [7, 11) is 0. The largest absolute Gasteiger partial charge is 0.481 e. The Morgan fingerprint density at radius 2 is 2.16 bits per heavy atom. The Bertz CT molecular complexity index is 439. The molecule has 0 amide bonds. The highest BCUT2D eigenvalue weighted by molar-refractivity contribution is 5.67. The van der Waals surface area contributed by atoms with Gasteiger partial charge in [0.1, 0.15) is 5.82 Å². The first-order chi connectivity index (χ1) is 8.95. The molecule has 19 heavy (non-hydrogen) atoms. The smallest absolute Gasteiger partial charge is 0.305 e. The summed E-state index contributed by atoms with van der Waals surface area (Å²) in [5.74, 6) is -1.44. The van der Waals surface area contributed by atoms with Gasteiger partial charge in [0.15, 0.2) is 0 Å². The molecule has 1 aromatic rings. The van der Waals surface area contributed by atoms with E-state index < -0.39 is 18.1 Å². The number of hydrogen-bond donors (Lipinski definition) is 4. The number of aryl methyl sites for hydroxylation is 1. The minimum atomic E-state index is -1.08. The molecule has 1 aromatic carbocycles. The highest BCUT2D eigenvalue weighted by atomic mass is 19.1. The lowest BCUT2D eigenvalue weighted by Crippen LogP contribution is -2.38. The zero-order chi connectivity index (χ0) is 14.4. The van der Waals surface area contributed by atoms with Gasteiger partial charge in [-0.3, -0.25) is 4.79 Å². The molecule has 0 aliphatic carbocycles. The number of carbonyl (C=O) groups is 1. The molecule has 4 N–H and O–H groups in total. The Kier molecular flexibility index (Phi) is 5.88. The molecule has 2 unspecified atom stereocenters. The van der Waals surface area contributed by atoms with Gasteiger partial charge < -0.3 is 20.6 Å². The summed E-state index contributed by atoms with van der Waals surface area (Å²) in [4.78, 5) is 10.8. The number of aliphatic hydroxyl groups is 2. The van der Waals surface area contributed by atoms with Crippen LogP contribution in [0.25, 0.3) is 0 Å². The fourth-order valence-electron chi connectivity index (χ4n) is 1.82. The molecule has 5 nitrogen and oxygen atoms in total. The van der Waals surface area contributed by atoms with E-state index in [2.05, 4.69) is 5.32 Å². The monoisotopic (exact) mass is 271 g/mol. The normalized spacial score (nSPS) is 14.1. The average Bonchev–Trinajstić information content (AvgIpc) is 2.36. The lowest BCUT2D eigenvalue weighted by Gasteiger charge is -2.23. The second kappa shape index (κ2) is 7.18. The summed E-state index contributed by atoms with van der Waals surface area (Å²) in [6, 6.07) is 3.39. The summed E-state index contributed by atoms with van der Waals surface area (Å²) in [5, 5.41) is 30.4. The number of rotatable bonds is 7. The van der Waals surface area contributed by atoms with Crippen molar-refractivity contribution in [1.29, 1.82) is 0 Å². The van der Waals surface area contributed by atoms with Crippen molar-refractivity contribution < 1.29 is 24.5 Å². The third kappa shape index (κ3) is 4.59. The Labute approximate surface area is 110 Å². The minimum absolute atomic E-state index is 0.161. The van der Waals surface area contributed by atoms with E-state index in [-0.39, 0.29) is 25.4 Å². The SMILES string of the molecule is Cc1cc(C(O)C(CC(=O)O)NCCO)ccc1F. The molecule has 0 saturated heterocycles. The molecule has 0 radical (unpaired) electrons. The number of halogens is 1. The van der Waals surface area contributed by atoms with Gasteiger partial charge in [0, 0.05) is 12.6 Å². The van der Waals surface area contributed by atoms with Crippen LogP contribution in [0.2, 0.25) is 0 Å². The third-order valence-corrected chi connectivity index (χ3v) is 2.82. The van der Waals surface area contributed by atoms with Crippen molar-refractivity contribution >= 4 is 5.97 Å². The fourth-order valence-corrected chi connectivity index (χ4v) is 1.82. The van der Waals surface area contributed by atoms with E-state index in [4.69, 9.17) is 10.2 Å². The van der Waals surface area contributed by atoms with Crippen LogP contribution in [0, 0.1) is 12.7 Å². The van der Waals surface area contributed by atoms with Crippen molar-refractivity contribution in [2.24, 2.45) is 0 Å². The van der Waals surface area contributed by atoms with Crippen molar-refractivity contribution in [3.8, 4) is 0 Å². The molecule has 0 bridgehead atoms. The van der Waals surface area contributed by atoms with E-state index in [1.807, 2.05) is 0 Å². The third-order valence-electron chi connectivity index (χ3n) is 2.82. The first kappa shape index (κ1) is 15.6. The summed E-state index contributed by atoms with van der Waals surface area (Å²) in [6.07, 6.45) is -1.38. The molecule has 0 saturated carbocycles. The van der Waals surface area contributed by atoms with Crippen LogP contribution in [0.4, 0.5) is 4.39 Å². The molecule has 2 atom stereocenters. The number of carboxylic acids is 1. The summed E-state index contributed by atoms with van der Waals surface area (Å²) in [5.41, 5.74) is 0.823. The second-order valence-corrected chi connectivity index (χ2v) is 4.34. The van der Waals surface area contributed by atoms with Crippen LogP contribution in [0.15, 0.2) is 18.2 Å². The molecule has 0 aromatic heterocycles. The van der Waals surface area contributed by atoms with Crippen LogP contribution in [0.3, 0.4) is 0 Å². The summed E-state index contributed by atoms with van der Waals surface area (Å²) in [6.45, 7) is 1.58. The van der Waals surface area contributed by atoms with E-state index in [1.54, 1.807) is 6.92 Å². The Morgan fingerprint density at radius 1 is 1.47 bits per heavy atom. The molecule has 106 valence electrons. The van der Waals surface area contributed by atoms with E-state index in [1.165, 1.54) is 18.2 Å². The number of aliphatic carboxylic acids is 1. The first-order valence-electron chi connectivity index (χ1n) is 5.96. The Hall–Kier alpha value is -1.50. The van der Waals surface area contributed by atoms with Gasteiger partial charge in [-0.1, -0.05) is 12.1 Å². The van der Waals surface area contributed by atoms with Crippen LogP contribution in [-0.4, -0.2) is 40.5 Å². The maximum Gasteiger partial charge on any atom is 0.305 e. The molecule has 0 aliphatic heterocycles. The van der Waals surface area contributed by atoms with Crippen LogP contribution < -0.4 is 5.32 Å². The van der Waals surface area contributed by atoms with Crippen molar-refractivity contribution in [3.05, 3.63) is 35.1 Å². The van der Waals surface area contributed by atoms with E-state index >= 15 is 0 Å². The number of hydrogen-bond acceptors (Lipinski definition) is 4. The zero-order valence-electron chi connectivity index (χ0n) is 10.6. The lowest BCUT2D eigenvalue weighted by molar-refractivity contribution is -0.138. The average molecular weight is 271 g/mol. The number of benzene rings is 1. The van der Waals surface area contributed by atoms with E-state index in [9.17, 15) is 14.3 Å². The fraction of sp³-hybridized carbons (Fsp3) is 0.462. The topological polar surface area (TPSA) is 89.8 Å². The van der Waals surface area contributed by atoms with Gasteiger partial charge in [-0.05, 0) is 24.1 Å². The lowest BCUT2D eigenvalue weighted by atomic mass is 9.98. The standard InChI is InChI=1S/C13H18FNO4/c1-8-6-9(2-3-10(8)14)13(19)11(7-12(17)18)15-4-5-16/h2-3,6,11,13,15-16,19H,4-5,7H2,1H3,(H,17,18). The highest BCUT2D eigenvalue weighted by Gasteiger charge is 2.23. The van der Waals surface area contributed by atoms with Crippen molar-refractivity contribution in [3.63, 3.8) is 0 Å². The van der Waals surface area contributed by atoms with E-state index in [0.29, 0.717) is 11.1 Å². The molecular formula is C13H18FNO4. The Balaban J connectivity index is 2.86. The van der Waals surface area contributed by atoms with Gasteiger partial charge >= 0.3 is 5.97 Å². The molecule has 0 heterocycles. The van der Waals surface area contributed by atoms with Gasteiger partial charge in [0.2, 0.25) is 0 Å². The summed E-state index contributed by atoms with van der Waals surface area (Å²) < 4.78 is 13.2. The van der Waals surface area contributed by atoms with Crippen molar-refractivity contribution in [2.45, 2.75) is 25.5 Å². The molecule has 0 fully saturated rings. The predicted molar refractivity (Wildman–Crippen MR) is 67.2 cm³/mol. The van der Waals surface area contributed by atoms with Gasteiger partial charge in [0.05, 0.1) is 19.1 Å². The molecule has 0 spiro atoms. The van der Waals surface area contributed by atoms with Gasteiger partial charge in [-0.15, -0.1) is 0 Å². The molecule has 0 aliphatic rings. The van der Waals surface area contributed by atoms with Crippen LogP contribution in [0.1, 0.15) is 23.7 Å². The van der Waals surface area contributed by atoms with Gasteiger partial charge in [-0.2, -0.15) is 0 Å². The van der Waals surface area contributed by atoms with Gasteiger partial charge in [-0.25, -0.2) is 4.39 Å². The van der Waals surface area contributed by atoms with Crippen LogP contribution in [-0.2, 0) is 4.79 Å². The maximum absolute atomic E-state index is 13.2. The molecular weight excluding hydrogens is 253 g/mol. The van der Waals surface area contributed by atoms with Crippen LogP contribution in [0.5, 0.6) is 0 Å². The Morgan fingerprint density at radius 3 is 2.68 bits per heavy atom. The van der Waals surface area contributed by atoms with Crippen molar-refractivity contribution in [2.75, 3.05) is 13.2 Å². The summed E-state index contributed by atoms with van der Waals surface area (Å²) >= 11 is 0. The number of nitrogens with one attached hydrogen (secondary N) is 1.